The SMILES string of the molecule is O=C(NC[C@@H]1CCCO1)C(=O)NC[C@H](c1cccnc1)S(=O)(=O)c1ccccc1. The third-order valence-corrected chi connectivity index (χ3v) is 6.79. The van der Waals surface area contributed by atoms with Gasteiger partial charge in [0.25, 0.3) is 0 Å². The molecule has 1 aromatic carbocycles. The highest BCUT2D eigenvalue weighted by atomic mass is 32.2. The molecule has 29 heavy (non-hydrogen) atoms. The highest BCUT2D eigenvalue weighted by Crippen LogP contribution is 2.27. The van der Waals surface area contributed by atoms with E-state index in [4.69, 9.17) is 4.74 Å². The van der Waals surface area contributed by atoms with Crippen LogP contribution in [-0.4, -0.2) is 51.0 Å². The average molecular weight is 417 g/mol. The molecule has 154 valence electrons. The summed E-state index contributed by atoms with van der Waals surface area (Å²) in [5.41, 5.74) is 0.427. The van der Waals surface area contributed by atoms with Crippen LogP contribution in [0.1, 0.15) is 23.7 Å². The molecule has 1 fully saturated rings. The predicted octanol–water partition coefficient (Wildman–Crippen LogP) is 1.01. The standard InChI is InChI=1S/C20H23N3O5S/c24-19(22-13-16-7-5-11-28-16)20(25)23-14-18(15-6-4-10-21-12-15)29(26,27)17-8-2-1-3-9-17/h1-4,6,8-10,12,16,18H,5,7,11,13-14H2,(H,22,24)(H,23,25)/t16-,18+/m0/s1. The van der Waals surface area contributed by atoms with Gasteiger partial charge in [-0.2, -0.15) is 0 Å². The Hall–Kier alpha value is -2.78. The Kier molecular flexibility index (Phi) is 6.95. The summed E-state index contributed by atoms with van der Waals surface area (Å²) in [6.45, 7) is 0.645. The number of ether oxygens (including phenoxy) is 1. The molecule has 0 bridgehead atoms. The molecule has 2 heterocycles. The van der Waals surface area contributed by atoms with Gasteiger partial charge in [-0.15, -0.1) is 0 Å². The van der Waals surface area contributed by atoms with E-state index in [9.17, 15) is 18.0 Å². The molecule has 1 aliphatic heterocycles. The Morgan fingerprint density at radius 1 is 1.10 bits per heavy atom. The van der Waals surface area contributed by atoms with Gasteiger partial charge in [0.2, 0.25) is 0 Å². The summed E-state index contributed by atoms with van der Waals surface area (Å²) in [4.78, 5) is 28.3. The fourth-order valence-electron chi connectivity index (χ4n) is 3.11. The number of hydrogen-bond donors (Lipinski definition) is 2. The van der Waals surface area contributed by atoms with Gasteiger partial charge in [-0.25, -0.2) is 8.42 Å². The summed E-state index contributed by atoms with van der Waals surface area (Å²) in [5.74, 6) is -1.71. The molecule has 0 aliphatic carbocycles. The number of carbonyl (C=O) groups is 2. The maximum Gasteiger partial charge on any atom is 0.309 e. The molecule has 2 aromatic rings. The van der Waals surface area contributed by atoms with E-state index in [0.717, 1.165) is 12.8 Å². The Bertz CT molecular complexity index is 929. The maximum atomic E-state index is 13.1. The zero-order chi connectivity index (χ0) is 20.7. The normalized spacial score (nSPS) is 17.4. The van der Waals surface area contributed by atoms with Crippen LogP contribution in [0.5, 0.6) is 0 Å². The lowest BCUT2D eigenvalue weighted by molar-refractivity contribution is -0.139. The van der Waals surface area contributed by atoms with Crippen molar-refractivity contribution in [1.29, 1.82) is 0 Å². The topological polar surface area (TPSA) is 114 Å². The number of nitrogens with one attached hydrogen (secondary N) is 2. The minimum Gasteiger partial charge on any atom is -0.376 e. The fraction of sp³-hybridized carbons (Fsp3) is 0.350. The second kappa shape index (κ2) is 9.62. The second-order valence-electron chi connectivity index (χ2n) is 6.69. The number of pyridine rings is 1. The zero-order valence-corrected chi connectivity index (χ0v) is 16.6. The third kappa shape index (κ3) is 5.39. The monoisotopic (exact) mass is 417 g/mol. The summed E-state index contributed by atoms with van der Waals surface area (Å²) in [7, 11) is -3.81. The van der Waals surface area contributed by atoms with E-state index < -0.39 is 26.9 Å². The summed E-state index contributed by atoms with van der Waals surface area (Å²) >= 11 is 0. The van der Waals surface area contributed by atoms with Crippen molar-refractivity contribution in [3.05, 3.63) is 60.4 Å². The maximum absolute atomic E-state index is 13.1. The molecule has 9 heteroatoms. The first kappa shape index (κ1) is 20.9. The molecular formula is C20H23N3O5S. The van der Waals surface area contributed by atoms with E-state index in [-0.39, 0.29) is 24.1 Å². The van der Waals surface area contributed by atoms with Crippen LogP contribution in [0, 0.1) is 0 Å². The highest BCUT2D eigenvalue weighted by Gasteiger charge is 2.30. The Morgan fingerprint density at radius 3 is 2.52 bits per heavy atom. The van der Waals surface area contributed by atoms with Crippen LogP contribution < -0.4 is 10.6 Å². The summed E-state index contributed by atoms with van der Waals surface area (Å²) in [5, 5.41) is 3.88. The van der Waals surface area contributed by atoms with Gasteiger partial charge in [-0.3, -0.25) is 14.6 Å². The molecule has 8 nitrogen and oxygen atoms in total. The van der Waals surface area contributed by atoms with Crippen LogP contribution in [0.3, 0.4) is 0 Å². The van der Waals surface area contributed by atoms with Crippen molar-refractivity contribution >= 4 is 21.7 Å². The molecule has 2 amide bonds. The van der Waals surface area contributed by atoms with Gasteiger partial charge in [-0.1, -0.05) is 24.3 Å². The van der Waals surface area contributed by atoms with Gasteiger partial charge in [0.05, 0.1) is 11.0 Å². The molecule has 2 N–H and O–H groups in total. The zero-order valence-electron chi connectivity index (χ0n) is 15.8. The van der Waals surface area contributed by atoms with Crippen molar-refractivity contribution in [3.8, 4) is 0 Å². The number of sulfone groups is 1. The molecule has 0 unspecified atom stereocenters. The van der Waals surface area contributed by atoms with Crippen LogP contribution in [0.2, 0.25) is 0 Å². The number of nitrogens with zero attached hydrogens (tertiary/aromatic N) is 1. The summed E-state index contributed by atoms with van der Waals surface area (Å²) < 4.78 is 31.6. The van der Waals surface area contributed by atoms with Crippen molar-refractivity contribution in [2.24, 2.45) is 0 Å². The molecule has 2 atom stereocenters. The average Bonchev–Trinajstić information content (AvgIpc) is 3.27. The number of aromatic nitrogens is 1. The minimum atomic E-state index is -3.81. The largest absolute Gasteiger partial charge is 0.376 e. The first-order valence-corrected chi connectivity index (χ1v) is 10.9. The van der Waals surface area contributed by atoms with Crippen molar-refractivity contribution < 1.29 is 22.7 Å². The predicted molar refractivity (Wildman–Crippen MR) is 106 cm³/mol. The molecule has 0 saturated carbocycles. The van der Waals surface area contributed by atoms with Crippen molar-refractivity contribution in [2.45, 2.75) is 29.1 Å². The Morgan fingerprint density at radius 2 is 1.86 bits per heavy atom. The molecule has 1 saturated heterocycles. The molecule has 1 aromatic heterocycles. The van der Waals surface area contributed by atoms with Crippen LogP contribution in [0.25, 0.3) is 0 Å². The van der Waals surface area contributed by atoms with E-state index in [2.05, 4.69) is 15.6 Å². The van der Waals surface area contributed by atoms with Crippen LogP contribution in [0.4, 0.5) is 0 Å². The smallest absolute Gasteiger partial charge is 0.309 e. The molecule has 3 rings (SSSR count). The molecule has 1 aliphatic rings. The van der Waals surface area contributed by atoms with Crippen molar-refractivity contribution in [2.75, 3.05) is 19.7 Å². The second-order valence-corrected chi connectivity index (χ2v) is 8.82. The van der Waals surface area contributed by atoms with Gasteiger partial charge in [0.15, 0.2) is 9.84 Å². The van der Waals surface area contributed by atoms with E-state index in [1.807, 2.05) is 0 Å². The summed E-state index contributed by atoms with van der Waals surface area (Å²) in [6.07, 6.45) is 4.65. The van der Waals surface area contributed by atoms with E-state index in [1.54, 1.807) is 30.3 Å². The first-order valence-electron chi connectivity index (χ1n) is 9.35. The number of carbonyl (C=O) groups excluding carboxylic acids is 2. The van der Waals surface area contributed by atoms with Gasteiger partial charge < -0.3 is 15.4 Å². The Balaban J connectivity index is 1.69. The molecule has 0 spiro atoms. The minimum absolute atomic E-state index is 0.0895. The van der Waals surface area contributed by atoms with Gasteiger partial charge >= 0.3 is 11.8 Å². The van der Waals surface area contributed by atoms with Crippen LogP contribution >= 0.6 is 0 Å². The van der Waals surface area contributed by atoms with E-state index >= 15 is 0 Å². The lowest BCUT2D eigenvalue weighted by Crippen LogP contribution is -2.44. The first-order chi connectivity index (χ1) is 14.0. The highest BCUT2D eigenvalue weighted by molar-refractivity contribution is 7.91. The third-order valence-electron chi connectivity index (χ3n) is 4.67. The quantitative estimate of drug-likeness (QED) is 0.650. The van der Waals surface area contributed by atoms with Gasteiger partial charge in [0, 0.05) is 32.1 Å². The van der Waals surface area contributed by atoms with Crippen molar-refractivity contribution in [1.82, 2.24) is 15.6 Å². The Labute approximate surface area is 169 Å². The summed E-state index contributed by atoms with van der Waals surface area (Å²) in [6, 6.07) is 11.2. The van der Waals surface area contributed by atoms with Crippen molar-refractivity contribution in [3.63, 3.8) is 0 Å². The van der Waals surface area contributed by atoms with E-state index in [1.165, 1.54) is 24.5 Å². The number of amides is 2. The lowest BCUT2D eigenvalue weighted by atomic mass is 10.2. The van der Waals surface area contributed by atoms with Gasteiger partial charge in [-0.05, 0) is 36.6 Å². The van der Waals surface area contributed by atoms with Crippen LogP contribution in [-0.2, 0) is 24.2 Å². The molecule has 0 radical (unpaired) electrons. The number of hydrogen-bond acceptors (Lipinski definition) is 6. The number of benzene rings is 1. The lowest BCUT2D eigenvalue weighted by Gasteiger charge is -2.19. The fourth-order valence-corrected chi connectivity index (χ4v) is 4.77. The van der Waals surface area contributed by atoms with Crippen LogP contribution in [0.15, 0.2) is 59.8 Å². The van der Waals surface area contributed by atoms with Gasteiger partial charge in [0.1, 0.15) is 5.25 Å². The van der Waals surface area contributed by atoms with E-state index in [0.29, 0.717) is 12.2 Å². The molecular weight excluding hydrogens is 394 g/mol. The number of rotatable bonds is 7.